The van der Waals surface area contributed by atoms with Gasteiger partial charge in [-0.3, -0.25) is 0 Å². The molecule has 0 radical (unpaired) electrons. The van der Waals surface area contributed by atoms with Gasteiger partial charge in [0.25, 0.3) is 0 Å². The molecule has 2 N–H and O–H groups in total. The molecule has 0 aliphatic rings. The van der Waals surface area contributed by atoms with Gasteiger partial charge in [-0.1, -0.05) is 0 Å². The van der Waals surface area contributed by atoms with Crippen LogP contribution in [0.4, 0.5) is 0 Å². The molecule has 0 aliphatic carbocycles. The average molecular weight is 169 g/mol. The third-order valence-corrected chi connectivity index (χ3v) is 0. The Morgan fingerprint density at radius 1 is 0.857 bits per heavy atom. The van der Waals surface area contributed by atoms with Gasteiger partial charge in [0.05, 0.1) is 28.2 Å². The Morgan fingerprint density at radius 3 is 0.857 bits per heavy atom. The molecule has 0 heterocycles. The van der Waals surface area contributed by atoms with Crippen molar-refractivity contribution in [2.45, 2.75) is 0 Å². The monoisotopic (exact) mass is 170 g/mol. The minimum absolute atomic E-state index is 0. The van der Waals surface area contributed by atoms with Crippen molar-refractivity contribution >= 4 is 17.6 Å². The molecule has 0 saturated heterocycles. The van der Waals surface area contributed by atoms with Gasteiger partial charge in [0.2, 0.25) is 0 Å². The molecule has 0 aromatic carbocycles. The second kappa shape index (κ2) is 4.62. The normalized spacial score (nSPS) is 8.57. The van der Waals surface area contributed by atoms with E-state index in [0.29, 0.717) is 0 Å². The molecule has 0 rings (SSSR count). The van der Waals surface area contributed by atoms with E-state index < -0.39 is 0 Å². The van der Waals surface area contributed by atoms with E-state index in [-0.39, 0.29) is 23.1 Å². The summed E-state index contributed by atoms with van der Waals surface area (Å²) in [5, 5.41) is 0. The van der Waals surface area contributed by atoms with Gasteiger partial charge in [-0.05, 0) is 0 Å². The van der Waals surface area contributed by atoms with Gasteiger partial charge in [0.1, 0.15) is 0 Å². The zero-order chi connectivity index (χ0) is 4.50. The maximum absolute atomic E-state index is 2.12. The number of nitrogens with zero attached hydrogens (tertiary/aromatic N) is 1. The molecule has 0 aliphatic heterocycles. The summed E-state index contributed by atoms with van der Waals surface area (Å²) < 4.78 is 1.00. The van der Waals surface area contributed by atoms with E-state index in [1.165, 1.54) is 0 Å². The van der Waals surface area contributed by atoms with Gasteiger partial charge < -0.3 is 9.96 Å². The van der Waals surface area contributed by atoms with E-state index in [0.717, 1.165) is 4.48 Å². The Bertz CT molecular complexity index is 27.2. The first-order valence-corrected chi connectivity index (χ1v) is 1.79. The third kappa shape index (κ3) is 601. The summed E-state index contributed by atoms with van der Waals surface area (Å²) in [6.07, 6.45) is 0. The summed E-state index contributed by atoms with van der Waals surface area (Å²) in [7, 11) is 8.50. The van der Waals surface area contributed by atoms with Crippen LogP contribution in [0.25, 0.3) is 0 Å². The molecule has 0 saturated carbocycles. The molecule has 2 nitrogen and oxygen atoms in total. The predicted octanol–water partition coefficient (Wildman–Crippen LogP) is -1.95. The van der Waals surface area contributed by atoms with Crippen molar-refractivity contribution in [1.82, 2.24) is 0 Å². The Hall–Kier alpha value is 0.463. The molecule has 48 valence electrons. The van der Waals surface area contributed by atoms with Crippen LogP contribution >= 0.6 is 0 Å². The second-order valence-corrected chi connectivity index (χ2v) is 2.68. The Balaban J connectivity index is -0.0000000800. The van der Waals surface area contributed by atoms with Crippen LogP contribution < -0.4 is 0 Å². The average Bonchev–Trinajstić information content (AvgIpc) is 0.722. The van der Waals surface area contributed by atoms with Gasteiger partial charge >= 0.3 is 17.6 Å². The fourth-order valence-corrected chi connectivity index (χ4v) is 0. The van der Waals surface area contributed by atoms with Crippen molar-refractivity contribution < 1.29 is 9.96 Å². The van der Waals surface area contributed by atoms with E-state index in [2.05, 4.69) is 28.2 Å². The molecule has 0 aromatic heterocycles. The molecule has 0 fully saturated rings. The molecule has 0 atom stereocenters. The molecule has 7 heavy (non-hydrogen) atoms. The van der Waals surface area contributed by atoms with Gasteiger partial charge in [0.15, 0.2) is 0 Å². The number of quaternary nitrogens is 1. The molecule has 3 heteroatoms. The summed E-state index contributed by atoms with van der Waals surface area (Å²) in [5.74, 6) is 0. The van der Waals surface area contributed by atoms with Crippen LogP contribution in [0.2, 0.25) is 0 Å². The third-order valence-electron chi connectivity index (χ3n) is 0. The summed E-state index contributed by atoms with van der Waals surface area (Å²) in [6.45, 7) is 0. The van der Waals surface area contributed by atoms with Gasteiger partial charge in [-0.2, -0.15) is 0 Å². The number of rotatable bonds is 0. The van der Waals surface area contributed by atoms with Crippen LogP contribution in [0.15, 0.2) is 0 Å². The molecule has 0 aromatic rings. The molecular formula is C4H18GeNO+. The standard InChI is InChI=1S/C4H12N.GeH4.H2O/c1-5(2,3)4;;/h1-4H3;1H4;1H2/q+1;;. The Kier molecular flexibility index (Phi) is 10.3. The van der Waals surface area contributed by atoms with Crippen LogP contribution in [0, 0.1) is 0 Å². The van der Waals surface area contributed by atoms with Crippen LogP contribution in [0.1, 0.15) is 0 Å². The van der Waals surface area contributed by atoms with E-state index in [9.17, 15) is 0 Å². The van der Waals surface area contributed by atoms with Crippen molar-refractivity contribution in [3.8, 4) is 0 Å². The van der Waals surface area contributed by atoms with Crippen LogP contribution in [-0.4, -0.2) is 55.7 Å². The van der Waals surface area contributed by atoms with Crippen molar-refractivity contribution in [2.24, 2.45) is 0 Å². The van der Waals surface area contributed by atoms with Crippen molar-refractivity contribution in [3.05, 3.63) is 0 Å². The first kappa shape index (κ1) is 15.7. The van der Waals surface area contributed by atoms with Crippen LogP contribution in [0.3, 0.4) is 0 Å². The van der Waals surface area contributed by atoms with Gasteiger partial charge in [-0.15, -0.1) is 0 Å². The SMILES string of the molecule is C[N+](C)(C)C.O.[GeH4]. The van der Waals surface area contributed by atoms with E-state index in [1.807, 2.05) is 0 Å². The molecule has 0 amide bonds. The second-order valence-electron chi connectivity index (χ2n) is 2.68. The van der Waals surface area contributed by atoms with Crippen LogP contribution in [-0.2, 0) is 0 Å². The maximum atomic E-state index is 2.12. The molecular weight excluding hydrogens is 151 g/mol. The quantitative estimate of drug-likeness (QED) is 0.298. The van der Waals surface area contributed by atoms with E-state index >= 15 is 0 Å². The zero-order valence-corrected chi connectivity index (χ0v) is 4.95. The predicted molar refractivity (Wildman–Crippen MR) is 38.9 cm³/mol. The van der Waals surface area contributed by atoms with E-state index in [1.54, 1.807) is 0 Å². The fourth-order valence-electron chi connectivity index (χ4n) is 0. The van der Waals surface area contributed by atoms with E-state index in [4.69, 9.17) is 0 Å². The summed E-state index contributed by atoms with van der Waals surface area (Å²) in [4.78, 5) is 0. The van der Waals surface area contributed by atoms with Crippen molar-refractivity contribution in [3.63, 3.8) is 0 Å². The fraction of sp³-hybridized carbons (Fsp3) is 1.00. The Morgan fingerprint density at radius 2 is 0.857 bits per heavy atom. The van der Waals surface area contributed by atoms with Gasteiger partial charge in [0, 0.05) is 0 Å². The topological polar surface area (TPSA) is 31.5 Å². The van der Waals surface area contributed by atoms with Crippen LogP contribution in [0.5, 0.6) is 0 Å². The van der Waals surface area contributed by atoms with Gasteiger partial charge in [-0.25, -0.2) is 0 Å². The van der Waals surface area contributed by atoms with Crippen molar-refractivity contribution in [2.75, 3.05) is 28.2 Å². The molecule has 0 spiro atoms. The minimum atomic E-state index is 0. The summed E-state index contributed by atoms with van der Waals surface area (Å²) in [6, 6.07) is 0. The molecule has 0 unspecified atom stereocenters. The number of hydrogen-bond acceptors (Lipinski definition) is 0. The molecule has 0 bridgehead atoms. The zero-order valence-electron chi connectivity index (χ0n) is 4.95. The Labute approximate surface area is 56.4 Å². The first-order valence-electron chi connectivity index (χ1n) is 1.79. The summed E-state index contributed by atoms with van der Waals surface area (Å²) >= 11 is 0. The first-order chi connectivity index (χ1) is 2.00. The number of hydrogen-bond donors (Lipinski definition) is 0. The van der Waals surface area contributed by atoms with Crippen molar-refractivity contribution in [1.29, 1.82) is 0 Å². The summed E-state index contributed by atoms with van der Waals surface area (Å²) in [5.41, 5.74) is 0.